The van der Waals surface area contributed by atoms with Gasteiger partial charge in [-0.05, 0) is 30.7 Å². The Morgan fingerprint density at radius 1 is 1.50 bits per heavy atom. The van der Waals surface area contributed by atoms with Gasteiger partial charge in [-0.1, -0.05) is 24.0 Å². The van der Waals surface area contributed by atoms with Crippen LogP contribution in [0, 0.1) is 0 Å². The van der Waals surface area contributed by atoms with Crippen LogP contribution in [-0.4, -0.2) is 39.8 Å². The van der Waals surface area contributed by atoms with E-state index in [0.29, 0.717) is 33.7 Å². The Hall–Kier alpha value is -1.93. The molecule has 0 bridgehead atoms. The van der Waals surface area contributed by atoms with Crippen molar-refractivity contribution in [3.8, 4) is 11.5 Å². The molecular weight excluding hydrogens is 324 g/mol. The van der Waals surface area contributed by atoms with Crippen molar-refractivity contribution in [3.05, 3.63) is 23.8 Å². The summed E-state index contributed by atoms with van der Waals surface area (Å²) in [5.41, 5.74) is 0.701. The molecule has 1 aromatic rings. The van der Waals surface area contributed by atoms with Gasteiger partial charge in [0.1, 0.15) is 0 Å². The van der Waals surface area contributed by atoms with E-state index in [1.54, 1.807) is 18.2 Å². The molecule has 1 amide bonds. The van der Waals surface area contributed by atoms with Gasteiger partial charge in [0, 0.05) is 6.92 Å². The van der Waals surface area contributed by atoms with E-state index in [9.17, 15) is 9.59 Å². The second kappa shape index (κ2) is 7.37. The molecule has 2 rings (SSSR count). The lowest BCUT2D eigenvalue weighted by molar-refractivity contribution is -0.132. The Labute approximate surface area is 137 Å². The summed E-state index contributed by atoms with van der Waals surface area (Å²) in [6, 6.07) is 5.01. The molecule has 1 heterocycles. The number of hydrazone groups is 1. The van der Waals surface area contributed by atoms with Crippen molar-refractivity contribution in [1.82, 2.24) is 5.01 Å². The highest BCUT2D eigenvalue weighted by Gasteiger charge is 2.25. The number of thiocarbonyl (C=S) groups is 1. The minimum atomic E-state index is -0.424. The van der Waals surface area contributed by atoms with Crippen molar-refractivity contribution in [2.45, 2.75) is 13.8 Å². The highest BCUT2D eigenvalue weighted by atomic mass is 32.2. The third-order valence-electron chi connectivity index (χ3n) is 2.57. The van der Waals surface area contributed by atoms with Gasteiger partial charge in [0.2, 0.25) is 0 Å². The molecule has 0 atom stereocenters. The van der Waals surface area contributed by atoms with E-state index in [-0.39, 0.29) is 5.91 Å². The molecule has 116 valence electrons. The number of amides is 1. The molecule has 0 aliphatic carbocycles. The Morgan fingerprint density at radius 2 is 2.27 bits per heavy atom. The van der Waals surface area contributed by atoms with Gasteiger partial charge in [-0.15, -0.1) is 0 Å². The molecular formula is C14H14N2O4S2. The fraction of sp³-hybridized carbons (Fsp3) is 0.286. The third-order valence-corrected chi connectivity index (χ3v) is 3.91. The Bertz CT molecular complexity index is 630. The van der Waals surface area contributed by atoms with Crippen LogP contribution in [0.4, 0.5) is 0 Å². The largest absolute Gasteiger partial charge is 0.490 e. The standard InChI is InChI=1S/C14H14N2O4S2/c1-3-19-12-6-10(4-5-11(12)20-9(2)17)7-15-16-13(18)8-22-14(16)21/h4-7H,3,8H2,1-2H3/b15-7+. The van der Waals surface area contributed by atoms with Gasteiger partial charge in [-0.3, -0.25) is 9.59 Å². The molecule has 1 aliphatic heterocycles. The first-order valence-electron chi connectivity index (χ1n) is 6.50. The summed E-state index contributed by atoms with van der Waals surface area (Å²) in [6.45, 7) is 3.58. The van der Waals surface area contributed by atoms with E-state index >= 15 is 0 Å². The van der Waals surface area contributed by atoms with Crippen molar-refractivity contribution in [2.24, 2.45) is 5.10 Å². The van der Waals surface area contributed by atoms with E-state index in [4.69, 9.17) is 21.7 Å². The number of carbonyl (C=O) groups is 2. The first-order valence-corrected chi connectivity index (χ1v) is 7.89. The molecule has 22 heavy (non-hydrogen) atoms. The second-order valence-electron chi connectivity index (χ2n) is 4.24. The Morgan fingerprint density at radius 3 is 2.86 bits per heavy atom. The van der Waals surface area contributed by atoms with Gasteiger partial charge in [-0.25, -0.2) is 0 Å². The Kier molecular flexibility index (Phi) is 5.51. The predicted octanol–water partition coefficient (Wildman–Crippen LogP) is 2.20. The van der Waals surface area contributed by atoms with E-state index in [0.717, 1.165) is 0 Å². The van der Waals surface area contributed by atoms with Crippen molar-refractivity contribution in [1.29, 1.82) is 0 Å². The molecule has 1 aromatic carbocycles. The zero-order valence-electron chi connectivity index (χ0n) is 12.1. The average molecular weight is 338 g/mol. The summed E-state index contributed by atoms with van der Waals surface area (Å²) in [6.07, 6.45) is 1.51. The molecule has 0 radical (unpaired) electrons. The summed E-state index contributed by atoms with van der Waals surface area (Å²) in [4.78, 5) is 22.6. The number of benzene rings is 1. The van der Waals surface area contributed by atoms with Crippen LogP contribution in [0.3, 0.4) is 0 Å². The van der Waals surface area contributed by atoms with Crippen LogP contribution in [0.5, 0.6) is 11.5 Å². The lowest BCUT2D eigenvalue weighted by Crippen LogP contribution is -2.22. The number of rotatable bonds is 5. The van der Waals surface area contributed by atoms with Gasteiger partial charge in [0.05, 0.1) is 18.6 Å². The van der Waals surface area contributed by atoms with Crippen LogP contribution < -0.4 is 9.47 Å². The van der Waals surface area contributed by atoms with Gasteiger partial charge >= 0.3 is 5.97 Å². The average Bonchev–Trinajstić information content (AvgIpc) is 2.78. The molecule has 0 spiro atoms. The molecule has 1 aliphatic rings. The maximum atomic E-state index is 11.6. The van der Waals surface area contributed by atoms with Crippen LogP contribution in [0.1, 0.15) is 19.4 Å². The minimum absolute atomic E-state index is 0.146. The number of ether oxygens (including phenoxy) is 2. The van der Waals surface area contributed by atoms with Crippen molar-refractivity contribution >= 4 is 46.4 Å². The van der Waals surface area contributed by atoms with Crippen molar-refractivity contribution in [3.63, 3.8) is 0 Å². The zero-order valence-corrected chi connectivity index (χ0v) is 13.7. The number of esters is 1. The number of hydrogen-bond acceptors (Lipinski definition) is 7. The number of nitrogens with zero attached hydrogens (tertiary/aromatic N) is 2. The Balaban J connectivity index is 2.21. The van der Waals surface area contributed by atoms with Gasteiger partial charge in [0.25, 0.3) is 5.91 Å². The van der Waals surface area contributed by atoms with Crippen LogP contribution >= 0.6 is 24.0 Å². The van der Waals surface area contributed by atoms with E-state index in [1.807, 2.05) is 6.92 Å². The second-order valence-corrected chi connectivity index (χ2v) is 5.85. The highest BCUT2D eigenvalue weighted by molar-refractivity contribution is 8.23. The molecule has 0 aromatic heterocycles. The van der Waals surface area contributed by atoms with Crippen LogP contribution in [-0.2, 0) is 9.59 Å². The molecule has 0 saturated carbocycles. The first-order chi connectivity index (χ1) is 10.5. The smallest absolute Gasteiger partial charge is 0.308 e. The van der Waals surface area contributed by atoms with E-state index < -0.39 is 5.97 Å². The fourth-order valence-electron chi connectivity index (χ4n) is 1.70. The predicted molar refractivity (Wildman–Crippen MR) is 88.4 cm³/mol. The first kappa shape index (κ1) is 16.4. The van der Waals surface area contributed by atoms with E-state index in [1.165, 1.54) is 29.9 Å². The van der Waals surface area contributed by atoms with Crippen LogP contribution in [0.15, 0.2) is 23.3 Å². The number of thioether (sulfide) groups is 1. The monoisotopic (exact) mass is 338 g/mol. The fourth-order valence-corrected chi connectivity index (χ4v) is 2.66. The summed E-state index contributed by atoms with van der Waals surface area (Å²) in [5, 5.41) is 5.28. The summed E-state index contributed by atoms with van der Waals surface area (Å²) in [5.74, 6) is 0.521. The van der Waals surface area contributed by atoms with Crippen molar-refractivity contribution in [2.75, 3.05) is 12.4 Å². The normalized spacial score (nSPS) is 14.7. The topological polar surface area (TPSA) is 68.2 Å². The molecule has 0 N–H and O–H groups in total. The summed E-state index contributed by atoms with van der Waals surface area (Å²) in [7, 11) is 0. The lowest BCUT2D eigenvalue weighted by Gasteiger charge is -2.10. The maximum Gasteiger partial charge on any atom is 0.308 e. The molecule has 6 nitrogen and oxygen atoms in total. The zero-order chi connectivity index (χ0) is 16.1. The molecule has 1 saturated heterocycles. The quantitative estimate of drug-likeness (QED) is 0.355. The van der Waals surface area contributed by atoms with E-state index in [2.05, 4.69) is 5.10 Å². The maximum absolute atomic E-state index is 11.6. The molecule has 8 heteroatoms. The number of hydrogen-bond donors (Lipinski definition) is 0. The third kappa shape index (κ3) is 4.05. The van der Waals surface area contributed by atoms with Crippen LogP contribution in [0.25, 0.3) is 0 Å². The summed E-state index contributed by atoms with van der Waals surface area (Å²) < 4.78 is 10.9. The minimum Gasteiger partial charge on any atom is -0.490 e. The number of carbonyl (C=O) groups excluding carboxylic acids is 2. The SMILES string of the molecule is CCOc1cc(/C=N/N2C(=O)CSC2=S)ccc1OC(C)=O. The van der Waals surface area contributed by atoms with Gasteiger partial charge < -0.3 is 9.47 Å². The van der Waals surface area contributed by atoms with Gasteiger partial charge in [0.15, 0.2) is 15.8 Å². The summed E-state index contributed by atoms with van der Waals surface area (Å²) >= 11 is 6.32. The van der Waals surface area contributed by atoms with Crippen molar-refractivity contribution < 1.29 is 19.1 Å². The van der Waals surface area contributed by atoms with Gasteiger partial charge in [-0.2, -0.15) is 10.1 Å². The lowest BCUT2D eigenvalue weighted by atomic mass is 10.2. The molecule has 0 unspecified atom stereocenters. The van der Waals surface area contributed by atoms with Crippen LogP contribution in [0.2, 0.25) is 0 Å². The highest BCUT2D eigenvalue weighted by Crippen LogP contribution is 2.28. The molecule has 1 fully saturated rings.